The number of aromatic nitrogens is 6. The number of aryl methyl sites for hydroxylation is 1. The van der Waals surface area contributed by atoms with Crippen molar-refractivity contribution in [1.29, 1.82) is 5.26 Å². The molecule has 0 radical (unpaired) electrons. The Morgan fingerprint density at radius 3 is 2.67 bits per heavy atom. The zero-order valence-electron chi connectivity index (χ0n) is 25.7. The van der Waals surface area contributed by atoms with Crippen molar-refractivity contribution in [2.75, 3.05) is 19.7 Å². The maximum atomic E-state index is 15.0. The molecule has 3 aromatic heterocycles. The molecule has 2 aromatic carbocycles. The number of halogens is 1. The fourth-order valence-electron chi connectivity index (χ4n) is 6.74. The summed E-state index contributed by atoms with van der Waals surface area (Å²) >= 11 is 0. The number of benzene rings is 2. The lowest BCUT2D eigenvalue weighted by Gasteiger charge is -2.33. The van der Waals surface area contributed by atoms with Gasteiger partial charge in [-0.1, -0.05) is 12.1 Å². The monoisotopic (exact) mass is 620 g/mol. The summed E-state index contributed by atoms with van der Waals surface area (Å²) in [4.78, 5) is 15.5. The second kappa shape index (κ2) is 11.2. The van der Waals surface area contributed by atoms with E-state index in [1.54, 1.807) is 19.1 Å². The van der Waals surface area contributed by atoms with E-state index in [9.17, 15) is 4.39 Å². The van der Waals surface area contributed by atoms with Gasteiger partial charge in [0.25, 0.3) is 5.79 Å². The Bertz CT molecular complexity index is 1990. The van der Waals surface area contributed by atoms with Crippen LogP contribution in [0.5, 0.6) is 11.5 Å². The molecule has 6 heterocycles. The predicted molar refractivity (Wildman–Crippen MR) is 165 cm³/mol. The third kappa shape index (κ3) is 5.05. The average molecular weight is 621 g/mol. The number of nitrogens with zero attached hydrogens (tertiary/aromatic N) is 7. The zero-order valence-corrected chi connectivity index (χ0v) is 25.7. The molecular weight excluding hydrogens is 587 g/mol. The molecule has 12 heteroatoms. The molecule has 0 saturated carbocycles. The number of H-pyrrole nitrogens is 1. The molecule has 2 fully saturated rings. The van der Waals surface area contributed by atoms with E-state index in [0.29, 0.717) is 23.9 Å². The molecule has 5 aromatic rings. The number of pyridine rings is 1. The Hall–Kier alpha value is -4.86. The van der Waals surface area contributed by atoms with Crippen LogP contribution in [0.1, 0.15) is 60.4 Å². The standard InChI is InChI=1S/C34H33FN8O3/c1-20-38-32(41-40-20)23-15-28-33(37-17-23)43(18-24-10-13-44-24)30(39-28)19-42-11-8-22(9-12-42)25-4-3-5-29-31(25)46-34(2,45-29)26-7-6-21(16-36)14-27(26)35/h3-7,14-15,17,22,24H,8-13,18-19H2,1-2H3,(H,38,40,41)/t24-,34?/m0/s1. The lowest BCUT2D eigenvalue weighted by Crippen LogP contribution is -2.35. The molecule has 2 atom stereocenters. The van der Waals surface area contributed by atoms with Crippen LogP contribution in [0.3, 0.4) is 0 Å². The number of nitrogens with one attached hydrogen (secondary N) is 1. The Kier molecular flexibility index (Phi) is 6.96. The van der Waals surface area contributed by atoms with Gasteiger partial charge in [-0.05, 0) is 75.5 Å². The maximum absolute atomic E-state index is 15.0. The normalized spacial score (nSPS) is 21.4. The molecule has 0 spiro atoms. The second-order valence-corrected chi connectivity index (χ2v) is 12.4. The molecule has 0 amide bonds. The van der Waals surface area contributed by atoms with Crippen LogP contribution in [-0.4, -0.2) is 60.4 Å². The van der Waals surface area contributed by atoms with Crippen LogP contribution in [0.4, 0.5) is 4.39 Å². The second-order valence-electron chi connectivity index (χ2n) is 12.4. The largest absolute Gasteiger partial charge is 0.444 e. The van der Waals surface area contributed by atoms with Gasteiger partial charge in [0, 0.05) is 30.9 Å². The van der Waals surface area contributed by atoms with Crippen LogP contribution < -0.4 is 9.47 Å². The fourth-order valence-corrected chi connectivity index (χ4v) is 6.74. The first-order valence-corrected chi connectivity index (χ1v) is 15.7. The Labute approximate surface area is 265 Å². The summed E-state index contributed by atoms with van der Waals surface area (Å²) in [6.07, 6.45) is 4.89. The van der Waals surface area contributed by atoms with Crippen LogP contribution in [0.25, 0.3) is 22.6 Å². The van der Waals surface area contributed by atoms with Gasteiger partial charge in [-0.25, -0.2) is 14.4 Å². The van der Waals surface area contributed by atoms with Gasteiger partial charge in [0.15, 0.2) is 23.0 Å². The molecule has 1 N–H and O–H groups in total. The number of imidazole rings is 1. The Balaban J connectivity index is 0.997. The van der Waals surface area contributed by atoms with Crippen molar-refractivity contribution < 1.29 is 18.6 Å². The summed E-state index contributed by atoms with van der Waals surface area (Å²) in [6.45, 7) is 7.58. The van der Waals surface area contributed by atoms with Crippen molar-refractivity contribution in [3.05, 3.63) is 82.8 Å². The van der Waals surface area contributed by atoms with Crippen LogP contribution in [0.2, 0.25) is 0 Å². The third-order valence-electron chi connectivity index (χ3n) is 9.31. The zero-order chi connectivity index (χ0) is 31.4. The molecule has 2 saturated heterocycles. The average Bonchev–Trinajstić information content (AvgIpc) is 3.73. The molecule has 0 bridgehead atoms. The number of nitriles is 1. The van der Waals surface area contributed by atoms with E-state index in [-0.39, 0.29) is 23.1 Å². The number of hydrogen-bond acceptors (Lipinski definition) is 9. The number of aromatic amines is 1. The van der Waals surface area contributed by atoms with Crippen LogP contribution in [0.15, 0.2) is 48.7 Å². The molecule has 46 heavy (non-hydrogen) atoms. The van der Waals surface area contributed by atoms with E-state index in [1.807, 2.05) is 37.4 Å². The maximum Gasteiger partial charge on any atom is 0.278 e. The molecule has 11 nitrogen and oxygen atoms in total. The molecule has 0 aliphatic carbocycles. The van der Waals surface area contributed by atoms with Crippen molar-refractivity contribution in [2.24, 2.45) is 0 Å². The van der Waals surface area contributed by atoms with E-state index in [2.05, 4.69) is 30.7 Å². The first kappa shape index (κ1) is 28.6. The number of piperidine rings is 1. The summed E-state index contributed by atoms with van der Waals surface area (Å²) in [6, 6.07) is 14.3. The van der Waals surface area contributed by atoms with Gasteiger partial charge in [-0.2, -0.15) is 5.26 Å². The van der Waals surface area contributed by atoms with E-state index < -0.39 is 11.6 Å². The molecule has 1 unspecified atom stereocenters. The molecule has 234 valence electrons. The number of para-hydroxylation sites is 1. The van der Waals surface area contributed by atoms with Crippen molar-refractivity contribution in [3.8, 4) is 29.0 Å². The van der Waals surface area contributed by atoms with Gasteiger partial charge in [0.1, 0.15) is 23.0 Å². The summed E-state index contributed by atoms with van der Waals surface area (Å²) in [5.74, 6) is 2.08. The quantitative estimate of drug-likeness (QED) is 0.256. The first-order chi connectivity index (χ1) is 22.4. The topological polar surface area (TPSA) is 127 Å². The Morgan fingerprint density at radius 2 is 1.96 bits per heavy atom. The highest BCUT2D eigenvalue weighted by Crippen LogP contribution is 2.49. The van der Waals surface area contributed by atoms with Gasteiger partial charge in [0.05, 0.1) is 36.4 Å². The van der Waals surface area contributed by atoms with Crippen LogP contribution in [-0.2, 0) is 23.6 Å². The lowest BCUT2D eigenvalue weighted by atomic mass is 9.88. The van der Waals surface area contributed by atoms with E-state index in [4.69, 9.17) is 29.4 Å². The lowest BCUT2D eigenvalue weighted by molar-refractivity contribution is -0.0712. The summed E-state index contributed by atoms with van der Waals surface area (Å²) in [7, 11) is 0. The van der Waals surface area contributed by atoms with Crippen LogP contribution >= 0.6 is 0 Å². The van der Waals surface area contributed by atoms with Gasteiger partial charge < -0.3 is 23.8 Å². The van der Waals surface area contributed by atoms with Crippen molar-refractivity contribution in [1.82, 2.24) is 34.6 Å². The minimum Gasteiger partial charge on any atom is -0.444 e. The first-order valence-electron chi connectivity index (χ1n) is 15.7. The third-order valence-corrected chi connectivity index (χ3v) is 9.31. The van der Waals surface area contributed by atoms with Crippen molar-refractivity contribution in [2.45, 2.75) is 64.0 Å². The number of hydrogen-bond donors (Lipinski definition) is 1. The van der Waals surface area contributed by atoms with Gasteiger partial charge in [0.2, 0.25) is 0 Å². The van der Waals surface area contributed by atoms with E-state index in [0.717, 1.165) is 79.4 Å². The summed E-state index contributed by atoms with van der Waals surface area (Å²) in [5, 5.41) is 17.5. The predicted octanol–water partition coefficient (Wildman–Crippen LogP) is 5.35. The highest BCUT2D eigenvalue weighted by molar-refractivity contribution is 5.77. The highest BCUT2D eigenvalue weighted by atomic mass is 19.1. The van der Waals surface area contributed by atoms with Crippen molar-refractivity contribution >= 4 is 11.2 Å². The number of fused-ring (bicyclic) bond motifs is 2. The number of rotatable bonds is 7. The fraction of sp³-hybridized carbons (Fsp3) is 0.382. The highest BCUT2D eigenvalue weighted by Gasteiger charge is 2.43. The summed E-state index contributed by atoms with van der Waals surface area (Å²) in [5.41, 5.74) is 4.11. The molecular formula is C34H33FN8O3. The van der Waals surface area contributed by atoms with Gasteiger partial charge in [-0.3, -0.25) is 4.90 Å². The van der Waals surface area contributed by atoms with Crippen molar-refractivity contribution in [3.63, 3.8) is 0 Å². The minimum atomic E-state index is -1.32. The number of likely N-dealkylation sites (tertiary alicyclic amines) is 1. The summed E-state index contributed by atoms with van der Waals surface area (Å²) < 4.78 is 35.6. The van der Waals surface area contributed by atoms with Crippen LogP contribution in [0, 0.1) is 24.1 Å². The number of ether oxygens (including phenoxy) is 3. The SMILES string of the molecule is Cc1nnc(-c2cnc3c(c2)nc(CN2CCC(c4cccc5c4OC(C)(c4ccc(C#N)cc4F)O5)CC2)n3C[C@@H]2CCO2)[nH]1. The van der Waals surface area contributed by atoms with Gasteiger partial charge in [-0.15, -0.1) is 10.2 Å². The van der Waals surface area contributed by atoms with Gasteiger partial charge >= 0.3 is 0 Å². The van der Waals surface area contributed by atoms with E-state index in [1.165, 1.54) is 6.07 Å². The minimum absolute atomic E-state index is 0.172. The molecule has 3 aliphatic rings. The van der Waals surface area contributed by atoms with E-state index >= 15 is 0 Å². The molecule has 3 aliphatic heterocycles. The smallest absolute Gasteiger partial charge is 0.278 e. The Morgan fingerprint density at radius 1 is 1.11 bits per heavy atom. The molecule has 8 rings (SSSR count).